The Morgan fingerprint density at radius 3 is 2.58 bits per heavy atom. The normalized spacial score (nSPS) is 52.2. The minimum absolute atomic E-state index is 0.579. The number of phenolic OH excluding ortho intramolecular Hbond substituents is 1. The molecule has 1 aliphatic rings. The Labute approximate surface area is 142 Å². The van der Waals surface area contributed by atoms with Crippen LogP contribution in [0.1, 0.15) is 69.4 Å². The summed E-state index contributed by atoms with van der Waals surface area (Å²) >= 11 is 0. The third kappa shape index (κ3) is 3.48. The Hall–Kier alpha value is -1.06. The standard InChI is InChI=1S/C16H25NO2/c1-17(2)12-15(13-6-8-14(18)9-7-13)16(19)10-4-3-5-11-16/h6-9,15,18-19H,3-5,10-12H2,1-2H3/i1D3,2D3,3D2,4D2,5D2,10D2,11D2,12D2,15D. The lowest BCUT2D eigenvalue weighted by Gasteiger charge is -2.40. The zero-order chi connectivity index (χ0) is 30.6. The summed E-state index contributed by atoms with van der Waals surface area (Å²) in [5.74, 6) is -4.87. The number of nitrogens with zero attached hydrogens (tertiary/aromatic N) is 1. The van der Waals surface area contributed by atoms with Crippen LogP contribution in [0.25, 0.3) is 0 Å². The minimum atomic E-state index is -4.71. The smallest absolute Gasteiger partial charge is 0.115 e. The molecule has 1 unspecified atom stereocenters. The van der Waals surface area contributed by atoms with Crippen LogP contribution in [0, 0.1) is 0 Å². The summed E-state index contributed by atoms with van der Waals surface area (Å²) in [5.41, 5.74) is -5.80. The van der Waals surface area contributed by atoms with Crippen molar-refractivity contribution >= 4 is 0 Å². The van der Waals surface area contributed by atoms with E-state index in [4.69, 9.17) is 26.0 Å². The maximum atomic E-state index is 11.9. The summed E-state index contributed by atoms with van der Waals surface area (Å²) in [7, 11) is 0. The van der Waals surface area contributed by atoms with Gasteiger partial charge in [0.25, 0.3) is 0 Å². The maximum Gasteiger partial charge on any atom is 0.115 e. The highest BCUT2D eigenvalue weighted by molar-refractivity contribution is 5.30. The Balaban J connectivity index is 3.29. The topological polar surface area (TPSA) is 43.7 Å². The van der Waals surface area contributed by atoms with E-state index in [9.17, 15) is 10.2 Å². The zero-order valence-corrected chi connectivity index (χ0v) is 9.65. The first kappa shape index (κ1) is 3.58. The van der Waals surface area contributed by atoms with Crippen LogP contribution in [0.2, 0.25) is 0 Å². The molecular weight excluding hydrogens is 238 g/mol. The van der Waals surface area contributed by atoms with E-state index in [0.717, 1.165) is 0 Å². The summed E-state index contributed by atoms with van der Waals surface area (Å²) in [5, 5.41) is 21.6. The zero-order valence-electron chi connectivity index (χ0n) is 28.7. The lowest BCUT2D eigenvalue weighted by Crippen LogP contribution is -2.42. The van der Waals surface area contributed by atoms with Gasteiger partial charge in [0.05, 0.1) is 5.60 Å². The minimum Gasteiger partial charge on any atom is -0.508 e. The van der Waals surface area contributed by atoms with Crippen LogP contribution in [-0.4, -0.2) is 41.2 Å². The second-order valence-corrected chi connectivity index (χ2v) is 3.70. The van der Waals surface area contributed by atoms with Gasteiger partial charge in [0.1, 0.15) is 5.75 Å². The highest BCUT2D eigenvalue weighted by Gasteiger charge is 2.38. The van der Waals surface area contributed by atoms with Gasteiger partial charge >= 0.3 is 0 Å². The van der Waals surface area contributed by atoms with E-state index >= 15 is 0 Å². The van der Waals surface area contributed by atoms with E-state index in [-0.39, 0.29) is 0 Å². The van der Waals surface area contributed by atoms with Gasteiger partial charge in [0, 0.05) is 38.4 Å². The van der Waals surface area contributed by atoms with Crippen LogP contribution in [0.5, 0.6) is 5.75 Å². The van der Waals surface area contributed by atoms with E-state index in [1.807, 2.05) is 0 Å². The van der Waals surface area contributed by atoms with Crippen molar-refractivity contribution in [3.63, 3.8) is 0 Å². The molecule has 1 aromatic rings. The van der Waals surface area contributed by atoms with Crippen molar-refractivity contribution in [2.24, 2.45) is 0 Å². The molecular formula is C16H25NO2. The molecule has 2 N–H and O–H groups in total. The van der Waals surface area contributed by atoms with Crippen LogP contribution in [0.3, 0.4) is 0 Å². The average molecular weight is 282 g/mol. The molecule has 106 valence electrons. The Bertz CT molecular complexity index is 1020. The monoisotopic (exact) mass is 282 g/mol. The largest absolute Gasteiger partial charge is 0.508 e. The van der Waals surface area contributed by atoms with E-state index < -0.39 is 80.0 Å². The van der Waals surface area contributed by atoms with E-state index in [2.05, 4.69) is 0 Å². The van der Waals surface area contributed by atoms with Crippen LogP contribution in [0.15, 0.2) is 24.3 Å². The predicted molar refractivity (Wildman–Crippen MR) is 77.4 cm³/mol. The van der Waals surface area contributed by atoms with E-state index in [1.54, 1.807) is 0 Å². The van der Waals surface area contributed by atoms with Crippen molar-refractivity contribution in [2.75, 3.05) is 20.4 Å². The molecule has 0 aliphatic heterocycles. The van der Waals surface area contributed by atoms with E-state index in [1.165, 1.54) is 0 Å². The molecule has 3 heteroatoms. The van der Waals surface area contributed by atoms with Crippen molar-refractivity contribution < 1.29 is 36.3 Å². The first-order chi connectivity index (χ1) is 16.4. The summed E-state index contributed by atoms with van der Waals surface area (Å²) in [6.45, 7) is -12.4. The van der Waals surface area contributed by atoms with Gasteiger partial charge < -0.3 is 15.1 Å². The van der Waals surface area contributed by atoms with Crippen LogP contribution in [0.4, 0.5) is 0 Å². The van der Waals surface area contributed by atoms with Gasteiger partial charge in [-0.1, -0.05) is 31.3 Å². The number of hydrogen-bond donors (Lipinski definition) is 2. The van der Waals surface area contributed by atoms with Gasteiger partial charge in [0.15, 0.2) is 0 Å². The van der Waals surface area contributed by atoms with Gasteiger partial charge in [-0.2, -0.15) is 0 Å². The Morgan fingerprint density at radius 2 is 2.00 bits per heavy atom. The molecule has 0 bridgehead atoms. The fraction of sp³-hybridized carbons (Fsp3) is 0.625. The molecule has 1 atom stereocenters. The molecule has 0 saturated heterocycles. The van der Waals surface area contributed by atoms with E-state index in [0.29, 0.717) is 24.3 Å². The fourth-order valence-electron chi connectivity index (χ4n) is 1.53. The Kier molecular flexibility index (Phi) is 1.12. The molecule has 2 rings (SSSR count). The number of benzene rings is 1. The summed E-state index contributed by atoms with van der Waals surface area (Å²) < 4.78 is 154. The molecule has 0 spiro atoms. The first-order valence-electron chi connectivity index (χ1n) is 14.7. The quantitative estimate of drug-likeness (QED) is 0.892. The molecule has 0 amide bonds. The van der Waals surface area contributed by atoms with Crippen molar-refractivity contribution in [2.45, 2.75) is 43.4 Å². The molecule has 1 fully saturated rings. The third-order valence-electron chi connectivity index (χ3n) is 2.35. The molecule has 0 radical (unpaired) electrons. The van der Waals surface area contributed by atoms with Crippen molar-refractivity contribution in [3.8, 4) is 5.75 Å². The van der Waals surface area contributed by atoms with Crippen LogP contribution < -0.4 is 0 Å². The van der Waals surface area contributed by atoms with Gasteiger partial charge in [-0.05, 0) is 44.4 Å². The van der Waals surface area contributed by atoms with Crippen LogP contribution in [-0.2, 0) is 0 Å². The number of likely N-dealkylation sites (N-methyl/N-ethyl adjacent to an activating group) is 1. The SMILES string of the molecule is [2H]C([2H])([2H])N(C([2H])([2H])[2H])C([2H])([2H])C([2H])(c1ccc(O)cc1)C1(O)C([2H])([2H])C([2H])([2H])C([2H])([2H])C([2H])([2H])C1([2H])[2H]. The number of phenols is 1. The fourth-order valence-corrected chi connectivity index (χ4v) is 1.53. The lowest BCUT2D eigenvalue weighted by atomic mass is 9.72. The van der Waals surface area contributed by atoms with Gasteiger partial charge in [-0.3, -0.25) is 0 Å². The first-order valence-corrected chi connectivity index (χ1v) is 5.19. The molecule has 1 aromatic carbocycles. The summed E-state index contributed by atoms with van der Waals surface area (Å²) in [6.07, 6.45) is -21.5. The van der Waals surface area contributed by atoms with Gasteiger partial charge in [-0.15, -0.1) is 0 Å². The molecule has 0 aromatic heterocycles. The highest BCUT2D eigenvalue weighted by atomic mass is 16.3. The Morgan fingerprint density at radius 1 is 1.37 bits per heavy atom. The second kappa shape index (κ2) is 5.93. The lowest BCUT2D eigenvalue weighted by molar-refractivity contribution is -0.0277. The van der Waals surface area contributed by atoms with Crippen LogP contribution >= 0.6 is 0 Å². The molecule has 0 heterocycles. The molecule has 1 saturated carbocycles. The van der Waals surface area contributed by atoms with Gasteiger partial charge in [0.2, 0.25) is 0 Å². The maximum absolute atomic E-state index is 11.9. The molecule has 19 heavy (non-hydrogen) atoms. The molecule has 3 nitrogen and oxygen atoms in total. The molecule has 1 aliphatic carbocycles. The van der Waals surface area contributed by atoms with Gasteiger partial charge in [-0.25, -0.2) is 0 Å². The predicted octanol–water partition coefficient (Wildman–Crippen LogP) is 2.73. The number of hydrogen-bond acceptors (Lipinski definition) is 3. The third-order valence-corrected chi connectivity index (χ3v) is 2.35. The number of aliphatic hydroxyl groups is 1. The highest BCUT2D eigenvalue weighted by Crippen LogP contribution is 2.40. The van der Waals surface area contributed by atoms with Crippen molar-refractivity contribution in [1.82, 2.24) is 4.90 Å². The summed E-state index contributed by atoms with van der Waals surface area (Å²) in [6, 6.07) is 2.58. The van der Waals surface area contributed by atoms with Crippen molar-refractivity contribution in [1.29, 1.82) is 0 Å². The average Bonchev–Trinajstić information content (AvgIpc) is 2.68. The number of rotatable bonds is 4. The van der Waals surface area contributed by atoms with Crippen molar-refractivity contribution in [3.05, 3.63) is 29.8 Å². The second-order valence-electron chi connectivity index (χ2n) is 3.70. The summed E-state index contributed by atoms with van der Waals surface area (Å²) in [4.78, 5) is -0.911. The number of aromatic hydroxyl groups is 1.